The number of guanidine groups is 1. The van der Waals surface area contributed by atoms with Crippen molar-refractivity contribution in [2.75, 3.05) is 49.1 Å². The van der Waals surface area contributed by atoms with Crippen molar-refractivity contribution in [1.29, 1.82) is 0 Å². The Morgan fingerprint density at radius 2 is 1.68 bits per heavy atom. The number of hydrogen-bond acceptors (Lipinski definition) is 4. The fraction of sp³-hybridized carbons (Fsp3) is 0.435. The minimum absolute atomic E-state index is 0.251. The second-order valence-electron chi connectivity index (χ2n) is 8.13. The summed E-state index contributed by atoms with van der Waals surface area (Å²) < 4.78 is 14.6. The lowest BCUT2D eigenvalue weighted by atomic mass is 10.1. The summed E-state index contributed by atoms with van der Waals surface area (Å²) in [6.07, 6.45) is 1.07. The van der Waals surface area contributed by atoms with Gasteiger partial charge in [-0.3, -0.25) is 0 Å². The molecule has 31 heavy (non-hydrogen) atoms. The molecule has 3 N–H and O–H groups in total. The molecular weight excluding hydrogens is 417 g/mol. The average molecular weight is 446 g/mol. The Morgan fingerprint density at radius 1 is 1.00 bits per heavy atom. The van der Waals surface area contributed by atoms with Gasteiger partial charge in [0.25, 0.3) is 0 Å². The molecule has 2 aromatic rings. The molecule has 0 radical (unpaired) electrons. The van der Waals surface area contributed by atoms with Gasteiger partial charge in [0.1, 0.15) is 5.82 Å². The number of nitrogens with zero attached hydrogens (tertiary/aromatic N) is 4. The van der Waals surface area contributed by atoms with Gasteiger partial charge in [-0.1, -0.05) is 17.7 Å². The number of halogens is 2. The van der Waals surface area contributed by atoms with Crippen LogP contribution in [-0.4, -0.2) is 61.3 Å². The van der Waals surface area contributed by atoms with E-state index in [4.69, 9.17) is 17.3 Å². The molecule has 2 aliphatic heterocycles. The van der Waals surface area contributed by atoms with E-state index in [2.05, 4.69) is 14.8 Å². The molecule has 2 fully saturated rings. The van der Waals surface area contributed by atoms with E-state index in [-0.39, 0.29) is 11.9 Å². The maximum absolute atomic E-state index is 14.6. The van der Waals surface area contributed by atoms with Gasteiger partial charge in [0.2, 0.25) is 0 Å². The van der Waals surface area contributed by atoms with Crippen molar-refractivity contribution < 1.29 is 9.50 Å². The Labute approximate surface area is 187 Å². The van der Waals surface area contributed by atoms with E-state index in [1.807, 2.05) is 35.2 Å². The number of benzene rings is 2. The number of aliphatic hydroxyl groups is 1. The zero-order chi connectivity index (χ0) is 21.8. The van der Waals surface area contributed by atoms with Crippen LogP contribution in [0.25, 0.3) is 0 Å². The van der Waals surface area contributed by atoms with Crippen LogP contribution < -0.4 is 15.5 Å². The number of hydrogen-bond donors (Lipinski definition) is 2. The first-order valence-corrected chi connectivity index (χ1v) is 11.1. The summed E-state index contributed by atoms with van der Waals surface area (Å²) in [7, 11) is 0. The van der Waals surface area contributed by atoms with Crippen LogP contribution in [0.15, 0.2) is 47.5 Å². The van der Waals surface area contributed by atoms with Crippen molar-refractivity contribution in [1.82, 2.24) is 4.90 Å². The molecule has 0 bridgehead atoms. The highest BCUT2D eigenvalue weighted by molar-refractivity contribution is 6.30. The van der Waals surface area contributed by atoms with Gasteiger partial charge >= 0.3 is 0 Å². The highest BCUT2D eigenvalue weighted by Gasteiger charge is 2.20. The van der Waals surface area contributed by atoms with Crippen LogP contribution in [0.2, 0.25) is 5.02 Å². The summed E-state index contributed by atoms with van der Waals surface area (Å²) in [5.74, 6) is 0.240. The largest absolute Gasteiger partial charge is 0.393 e. The zero-order valence-electron chi connectivity index (χ0n) is 17.6. The lowest BCUT2D eigenvalue weighted by Crippen LogP contribution is -2.51. The Kier molecular flexibility index (Phi) is 6.83. The predicted molar refractivity (Wildman–Crippen MR) is 124 cm³/mol. The van der Waals surface area contributed by atoms with E-state index < -0.39 is 0 Å². The van der Waals surface area contributed by atoms with Crippen LogP contribution in [0.5, 0.6) is 0 Å². The van der Waals surface area contributed by atoms with E-state index in [1.165, 1.54) is 6.07 Å². The van der Waals surface area contributed by atoms with E-state index in [0.717, 1.165) is 42.5 Å². The van der Waals surface area contributed by atoms with Gasteiger partial charge in [0.05, 0.1) is 18.3 Å². The van der Waals surface area contributed by atoms with E-state index in [0.29, 0.717) is 44.1 Å². The molecule has 2 heterocycles. The predicted octanol–water partition coefficient (Wildman–Crippen LogP) is 3.08. The Balaban J connectivity index is 1.31. The van der Waals surface area contributed by atoms with Gasteiger partial charge in [-0.25, -0.2) is 9.38 Å². The molecule has 166 valence electrons. The molecule has 6 nitrogen and oxygen atoms in total. The summed E-state index contributed by atoms with van der Waals surface area (Å²) in [5.41, 5.74) is 8.75. The van der Waals surface area contributed by atoms with E-state index >= 15 is 0 Å². The van der Waals surface area contributed by atoms with E-state index in [9.17, 15) is 9.50 Å². The Bertz CT molecular complexity index is 907. The lowest BCUT2D eigenvalue weighted by molar-refractivity contribution is 0.145. The third kappa shape index (κ3) is 5.40. The van der Waals surface area contributed by atoms with Crippen LogP contribution in [0.3, 0.4) is 0 Å². The van der Waals surface area contributed by atoms with Crippen LogP contribution in [-0.2, 0) is 6.54 Å². The lowest BCUT2D eigenvalue weighted by Gasteiger charge is -2.36. The normalized spacial score (nSPS) is 18.5. The van der Waals surface area contributed by atoms with Crippen molar-refractivity contribution in [3.05, 3.63) is 58.9 Å². The number of nitrogens with two attached hydrogens (primary N) is 1. The molecule has 8 heteroatoms. The summed E-state index contributed by atoms with van der Waals surface area (Å²) in [4.78, 5) is 10.8. The molecule has 0 unspecified atom stereocenters. The third-order valence-corrected chi connectivity index (χ3v) is 6.29. The fourth-order valence-corrected chi connectivity index (χ4v) is 4.26. The van der Waals surface area contributed by atoms with Crippen molar-refractivity contribution >= 4 is 28.9 Å². The average Bonchev–Trinajstić information content (AvgIpc) is 2.79. The number of rotatable bonds is 4. The molecule has 0 amide bonds. The number of anilines is 2. The first-order valence-electron chi connectivity index (χ1n) is 10.8. The van der Waals surface area contributed by atoms with Crippen molar-refractivity contribution in [2.45, 2.75) is 25.5 Å². The topological polar surface area (TPSA) is 68.3 Å². The third-order valence-electron chi connectivity index (χ3n) is 6.04. The quantitative estimate of drug-likeness (QED) is 0.559. The molecule has 2 aromatic carbocycles. The molecule has 2 aliphatic rings. The maximum atomic E-state index is 14.6. The molecule has 0 spiro atoms. The summed E-state index contributed by atoms with van der Waals surface area (Å²) >= 11 is 5.97. The van der Waals surface area contributed by atoms with Crippen LogP contribution >= 0.6 is 11.6 Å². The minimum Gasteiger partial charge on any atom is -0.393 e. The maximum Gasteiger partial charge on any atom is 0.191 e. The second kappa shape index (κ2) is 9.75. The summed E-state index contributed by atoms with van der Waals surface area (Å²) in [6, 6.07) is 13.1. The number of aliphatic imine (C=N–C) groups is 1. The molecular formula is C23H29ClFN5O. The first kappa shape index (κ1) is 21.7. The van der Waals surface area contributed by atoms with Crippen molar-refractivity contribution in [3.8, 4) is 0 Å². The highest BCUT2D eigenvalue weighted by atomic mass is 35.5. The summed E-state index contributed by atoms with van der Waals surface area (Å²) in [5, 5.41) is 10.4. The number of aliphatic hydroxyl groups excluding tert-OH is 1. The zero-order valence-corrected chi connectivity index (χ0v) is 18.3. The van der Waals surface area contributed by atoms with Gasteiger partial charge in [-0.15, -0.1) is 0 Å². The van der Waals surface area contributed by atoms with Gasteiger partial charge < -0.3 is 25.5 Å². The Hall–Kier alpha value is -2.51. The smallest absolute Gasteiger partial charge is 0.191 e. The minimum atomic E-state index is -0.274. The SMILES string of the molecule is NC(=NCc1ccc(N2CCC(O)CC2)c(F)c1)N1CCN(c2ccc(Cl)cc2)CC1. The molecule has 0 aliphatic carbocycles. The van der Waals surface area contributed by atoms with Crippen LogP contribution in [0, 0.1) is 5.82 Å². The van der Waals surface area contributed by atoms with Crippen LogP contribution in [0.1, 0.15) is 18.4 Å². The molecule has 0 saturated carbocycles. The monoisotopic (exact) mass is 445 g/mol. The molecule has 4 rings (SSSR count). The first-order chi connectivity index (χ1) is 15.0. The van der Waals surface area contributed by atoms with E-state index in [1.54, 1.807) is 6.07 Å². The Morgan fingerprint density at radius 3 is 2.32 bits per heavy atom. The van der Waals surface area contributed by atoms with Gasteiger partial charge in [-0.2, -0.15) is 0 Å². The standard InChI is InChI=1S/C23H29ClFN5O/c24-18-2-4-19(5-3-18)28-11-13-30(14-12-28)23(26)27-16-17-1-6-22(21(25)15-17)29-9-7-20(31)8-10-29/h1-6,15,20,31H,7-14,16H2,(H2,26,27). The number of piperidine rings is 1. The van der Waals surface area contributed by atoms with Gasteiger partial charge in [0, 0.05) is 50.0 Å². The molecule has 2 saturated heterocycles. The number of piperazine rings is 1. The van der Waals surface area contributed by atoms with Crippen LogP contribution in [0.4, 0.5) is 15.8 Å². The summed E-state index contributed by atoms with van der Waals surface area (Å²) in [6.45, 7) is 4.96. The van der Waals surface area contributed by atoms with Crippen molar-refractivity contribution in [2.24, 2.45) is 10.7 Å². The molecule has 0 aromatic heterocycles. The van der Waals surface area contributed by atoms with Crippen molar-refractivity contribution in [3.63, 3.8) is 0 Å². The second-order valence-corrected chi connectivity index (χ2v) is 8.57. The fourth-order valence-electron chi connectivity index (χ4n) is 4.13. The van der Waals surface area contributed by atoms with Gasteiger partial charge in [-0.05, 0) is 54.8 Å². The molecule has 0 atom stereocenters. The van der Waals surface area contributed by atoms with Gasteiger partial charge in [0.15, 0.2) is 5.96 Å². The highest BCUT2D eigenvalue weighted by Crippen LogP contribution is 2.25.